The van der Waals surface area contributed by atoms with Crippen molar-refractivity contribution in [1.82, 2.24) is 0 Å². The minimum Gasteiger partial charge on any atom is -0.429 e. The third-order valence-electron chi connectivity index (χ3n) is 4.75. The van der Waals surface area contributed by atoms with Gasteiger partial charge in [0.2, 0.25) is 0 Å². The van der Waals surface area contributed by atoms with Crippen LogP contribution in [0.15, 0.2) is 42.5 Å². The van der Waals surface area contributed by atoms with E-state index < -0.39 is 69.4 Å². The first-order chi connectivity index (χ1) is 15.7. The van der Waals surface area contributed by atoms with E-state index in [1.54, 1.807) is 6.92 Å². The lowest BCUT2D eigenvalue weighted by atomic mass is 9.98. The van der Waals surface area contributed by atoms with E-state index in [1.807, 2.05) is 0 Å². The van der Waals surface area contributed by atoms with Gasteiger partial charge in [-0.15, -0.1) is 0 Å². The highest BCUT2D eigenvalue weighted by atomic mass is 19.4. The Morgan fingerprint density at radius 2 is 1.26 bits per heavy atom. The minimum absolute atomic E-state index is 0.0243. The average Bonchev–Trinajstić information content (AvgIpc) is 2.65. The Kier molecular flexibility index (Phi) is 6.86. The smallest absolute Gasteiger partial charge is 0.429 e. The summed E-state index contributed by atoms with van der Waals surface area (Å²) in [6.45, 7) is 1.76. The number of hydrogen-bond acceptors (Lipinski definition) is 1. The van der Waals surface area contributed by atoms with E-state index in [0.29, 0.717) is 18.9 Å². The molecule has 0 aliphatic rings. The highest BCUT2D eigenvalue weighted by Crippen LogP contribution is 2.39. The first-order valence-corrected chi connectivity index (χ1v) is 9.66. The van der Waals surface area contributed by atoms with Crippen LogP contribution in [0, 0.1) is 29.1 Å². The van der Waals surface area contributed by atoms with Crippen LogP contribution in [0.4, 0.5) is 43.9 Å². The summed E-state index contributed by atoms with van der Waals surface area (Å²) < 4.78 is 142. The Balaban J connectivity index is 1.98. The van der Waals surface area contributed by atoms with Crippen molar-refractivity contribution in [2.24, 2.45) is 0 Å². The van der Waals surface area contributed by atoms with Gasteiger partial charge in [0, 0.05) is 6.07 Å². The van der Waals surface area contributed by atoms with E-state index >= 15 is 0 Å². The minimum atomic E-state index is -5.11. The van der Waals surface area contributed by atoms with Crippen molar-refractivity contribution in [2.45, 2.75) is 32.1 Å². The molecule has 0 radical (unpaired) electrons. The van der Waals surface area contributed by atoms with Gasteiger partial charge in [0.1, 0.15) is 40.4 Å². The molecule has 3 rings (SSSR count). The molecule has 0 bridgehead atoms. The lowest BCUT2D eigenvalue weighted by Crippen LogP contribution is -2.25. The zero-order valence-corrected chi connectivity index (χ0v) is 17.1. The van der Waals surface area contributed by atoms with E-state index in [-0.39, 0.29) is 29.8 Å². The van der Waals surface area contributed by atoms with Crippen LogP contribution in [0.3, 0.4) is 0 Å². The van der Waals surface area contributed by atoms with Gasteiger partial charge in [0.25, 0.3) is 0 Å². The van der Waals surface area contributed by atoms with Crippen LogP contribution in [0.2, 0.25) is 0 Å². The molecule has 182 valence electrons. The second-order valence-corrected chi connectivity index (χ2v) is 7.26. The molecule has 11 heteroatoms. The molecule has 0 aromatic heterocycles. The molecular weight excluding hydrogens is 482 g/mol. The summed E-state index contributed by atoms with van der Waals surface area (Å²) in [4.78, 5) is 0. The number of aryl methyl sites for hydroxylation is 1. The van der Waals surface area contributed by atoms with E-state index in [0.717, 1.165) is 12.1 Å². The zero-order valence-electron chi connectivity index (χ0n) is 17.1. The van der Waals surface area contributed by atoms with Gasteiger partial charge in [-0.3, -0.25) is 0 Å². The molecule has 0 saturated carbocycles. The molecule has 34 heavy (non-hydrogen) atoms. The van der Waals surface area contributed by atoms with Crippen LogP contribution in [0.5, 0.6) is 5.75 Å². The number of ether oxygens (including phenoxy) is 1. The average molecular weight is 496 g/mol. The monoisotopic (exact) mass is 496 g/mol. The standard InChI is InChI=1S/C23H14F10O/c1-2-3-11-6-16(25)20(17(26)7-11)12-8-18(27)21(19(28)9-12)23(32,33)34-13-4-5-14(15(24)10-13)22(29,30)31/h4-10H,2-3H2,1H3. The van der Waals surface area contributed by atoms with Crippen molar-refractivity contribution >= 4 is 0 Å². The number of halogens is 10. The Hall–Kier alpha value is -3.24. The summed E-state index contributed by atoms with van der Waals surface area (Å²) in [5.74, 6) is -9.35. The normalized spacial score (nSPS) is 12.2. The van der Waals surface area contributed by atoms with Gasteiger partial charge in [0.15, 0.2) is 0 Å². The van der Waals surface area contributed by atoms with Crippen molar-refractivity contribution in [3.8, 4) is 16.9 Å². The van der Waals surface area contributed by atoms with Crippen molar-refractivity contribution in [3.63, 3.8) is 0 Å². The molecule has 0 atom stereocenters. The number of rotatable bonds is 6. The quantitative estimate of drug-likeness (QED) is 0.313. The van der Waals surface area contributed by atoms with Gasteiger partial charge in [-0.05, 0) is 53.9 Å². The SMILES string of the molecule is CCCc1cc(F)c(-c2cc(F)c(C(F)(F)Oc3ccc(C(F)(F)F)c(F)c3)c(F)c2)c(F)c1. The molecule has 1 nitrogen and oxygen atoms in total. The third kappa shape index (κ3) is 5.13. The van der Waals surface area contributed by atoms with Gasteiger partial charge in [-0.1, -0.05) is 13.3 Å². The molecule has 3 aromatic rings. The van der Waals surface area contributed by atoms with Crippen molar-refractivity contribution < 1.29 is 48.6 Å². The first kappa shape index (κ1) is 25.4. The molecule has 0 spiro atoms. The Bertz CT molecular complexity index is 1170. The predicted octanol–water partition coefficient (Wildman–Crippen LogP) is 8.15. The maximum Gasteiger partial charge on any atom is 0.432 e. The first-order valence-electron chi connectivity index (χ1n) is 9.66. The van der Waals surface area contributed by atoms with Crippen LogP contribution >= 0.6 is 0 Å². The van der Waals surface area contributed by atoms with Crippen LogP contribution < -0.4 is 4.74 Å². The highest BCUT2D eigenvalue weighted by molar-refractivity contribution is 5.66. The Morgan fingerprint density at radius 1 is 0.706 bits per heavy atom. The Morgan fingerprint density at radius 3 is 1.74 bits per heavy atom. The van der Waals surface area contributed by atoms with Crippen LogP contribution in [0.1, 0.15) is 30.0 Å². The summed E-state index contributed by atoms with van der Waals surface area (Å²) >= 11 is 0. The summed E-state index contributed by atoms with van der Waals surface area (Å²) in [7, 11) is 0. The second kappa shape index (κ2) is 9.19. The lowest BCUT2D eigenvalue weighted by Gasteiger charge is -2.20. The molecule has 0 unspecified atom stereocenters. The van der Waals surface area contributed by atoms with Crippen LogP contribution in [0.25, 0.3) is 11.1 Å². The fraction of sp³-hybridized carbons (Fsp3) is 0.217. The van der Waals surface area contributed by atoms with E-state index in [4.69, 9.17) is 0 Å². The Labute approximate surface area is 186 Å². The third-order valence-corrected chi connectivity index (χ3v) is 4.75. The summed E-state index contributed by atoms with van der Waals surface area (Å²) in [6.07, 6.45) is -9.04. The fourth-order valence-electron chi connectivity index (χ4n) is 3.32. The molecule has 0 aliphatic heterocycles. The van der Waals surface area contributed by atoms with Crippen molar-refractivity contribution in [2.75, 3.05) is 0 Å². The zero-order chi connectivity index (χ0) is 25.4. The van der Waals surface area contributed by atoms with E-state index in [9.17, 15) is 43.9 Å². The number of benzene rings is 3. The van der Waals surface area contributed by atoms with Crippen LogP contribution in [-0.2, 0) is 18.7 Å². The van der Waals surface area contributed by atoms with Gasteiger partial charge in [-0.2, -0.15) is 22.0 Å². The molecular formula is C23H14F10O. The predicted molar refractivity (Wildman–Crippen MR) is 102 cm³/mol. The van der Waals surface area contributed by atoms with Gasteiger partial charge in [0.05, 0.1) is 11.1 Å². The van der Waals surface area contributed by atoms with Crippen molar-refractivity contribution in [3.05, 3.63) is 88.2 Å². The van der Waals surface area contributed by atoms with E-state index in [2.05, 4.69) is 4.74 Å². The summed E-state index contributed by atoms with van der Waals surface area (Å²) in [5.41, 5.74) is -5.03. The topological polar surface area (TPSA) is 9.23 Å². The van der Waals surface area contributed by atoms with Gasteiger partial charge in [-0.25, -0.2) is 22.0 Å². The summed E-state index contributed by atoms with van der Waals surface area (Å²) in [5, 5.41) is 0. The molecule has 0 heterocycles. The highest BCUT2D eigenvalue weighted by Gasteiger charge is 2.42. The number of hydrogen-bond donors (Lipinski definition) is 0. The maximum atomic E-state index is 14.5. The van der Waals surface area contributed by atoms with E-state index in [1.165, 1.54) is 0 Å². The number of alkyl halides is 5. The molecule has 3 aromatic carbocycles. The molecule has 0 N–H and O–H groups in total. The molecule has 0 saturated heterocycles. The fourth-order valence-corrected chi connectivity index (χ4v) is 3.32. The maximum absolute atomic E-state index is 14.5. The summed E-state index contributed by atoms with van der Waals surface area (Å²) in [6, 6.07) is 2.83. The largest absolute Gasteiger partial charge is 0.432 e. The second-order valence-electron chi connectivity index (χ2n) is 7.26. The van der Waals surface area contributed by atoms with Gasteiger partial charge < -0.3 is 4.74 Å². The molecule has 0 amide bonds. The molecule has 0 fully saturated rings. The molecule has 0 aliphatic carbocycles. The van der Waals surface area contributed by atoms with Crippen LogP contribution in [-0.4, -0.2) is 0 Å². The lowest BCUT2D eigenvalue weighted by molar-refractivity contribution is -0.189. The van der Waals surface area contributed by atoms with Crippen molar-refractivity contribution in [1.29, 1.82) is 0 Å². The van der Waals surface area contributed by atoms with Gasteiger partial charge >= 0.3 is 12.3 Å².